The van der Waals surface area contributed by atoms with E-state index in [4.69, 9.17) is 11.6 Å². The second-order valence-electron chi connectivity index (χ2n) is 4.22. The standard InChI is InChI=1S/C15H11BrClNO2/c1-18(9-19)12-5-2-10(3-6-12)15(20)11-4-7-14(17)13(16)8-11/h2-9H,1H3. The largest absolute Gasteiger partial charge is 0.318 e. The monoisotopic (exact) mass is 351 g/mol. The molecule has 20 heavy (non-hydrogen) atoms. The van der Waals surface area contributed by atoms with Gasteiger partial charge in [0.15, 0.2) is 5.78 Å². The molecule has 2 aromatic rings. The average molecular weight is 353 g/mol. The Morgan fingerprint density at radius 1 is 1.15 bits per heavy atom. The molecular formula is C15H11BrClNO2. The maximum absolute atomic E-state index is 12.3. The van der Waals surface area contributed by atoms with Crippen LogP contribution in [0.3, 0.4) is 0 Å². The van der Waals surface area contributed by atoms with E-state index in [1.165, 1.54) is 4.90 Å². The summed E-state index contributed by atoms with van der Waals surface area (Å²) < 4.78 is 0.683. The van der Waals surface area contributed by atoms with Gasteiger partial charge in [0.25, 0.3) is 0 Å². The SMILES string of the molecule is CN(C=O)c1ccc(C(=O)c2ccc(Cl)c(Br)c2)cc1. The summed E-state index contributed by atoms with van der Waals surface area (Å²) in [7, 11) is 1.65. The summed E-state index contributed by atoms with van der Waals surface area (Å²) in [6, 6.07) is 11.9. The van der Waals surface area contributed by atoms with Crippen LogP contribution >= 0.6 is 27.5 Å². The first-order chi connectivity index (χ1) is 9.52. The quantitative estimate of drug-likeness (QED) is 0.617. The van der Waals surface area contributed by atoms with Crippen molar-refractivity contribution in [3.8, 4) is 0 Å². The number of halogens is 2. The van der Waals surface area contributed by atoms with Crippen molar-refractivity contribution < 1.29 is 9.59 Å². The zero-order chi connectivity index (χ0) is 14.7. The normalized spacial score (nSPS) is 10.2. The van der Waals surface area contributed by atoms with E-state index in [1.807, 2.05) is 0 Å². The van der Waals surface area contributed by atoms with E-state index >= 15 is 0 Å². The zero-order valence-corrected chi connectivity index (χ0v) is 13.0. The van der Waals surface area contributed by atoms with E-state index in [0.717, 1.165) is 5.69 Å². The molecule has 0 saturated heterocycles. The molecule has 0 spiro atoms. The maximum atomic E-state index is 12.3. The maximum Gasteiger partial charge on any atom is 0.213 e. The highest BCUT2D eigenvalue weighted by Crippen LogP contribution is 2.24. The highest BCUT2D eigenvalue weighted by Gasteiger charge is 2.11. The van der Waals surface area contributed by atoms with Crippen molar-refractivity contribution in [2.75, 3.05) is 11.9 Å². The lowest BCUT2D eigenvalue weighted by atomic mass is 10.0. The van der Waals surface area contributed by atoms with E-state index in [0.29, 0.717) is 27.0 Å². The van der Waals surface area contributed by atoms with Crippen LogP contribution in [-0.2, 0) is 4.79 Å². The molecule has 2 rings (SSSR count). The summed E-state index contributed by atoms with van der Waals surface area (Å²) in [5.41, 5.74) is 1.84. The molecule has 0 saturated carbocycles. The minimum Gasteiger partial charge on any atom is -0.318 e. The first kappa shape index (κ1) is 14.8. The second kappa shape index (κ2) is 6.20. The predicted molar refractivity (Wildman–Crippen MR) is 83.5 cm³/mol. The Morgan fingerprint density at radius 3 is 2.30 bits per heavy atom. The number of carbonyl (C=O) groups is 2. The molecule has 0 aliphatic rings. The van der Waals surface area contributed by atoms with Crippen LogP contribution < -0.4 is 4.90 Å². The summed E-state index contributed by atoms with van der Waals surface area (Å²) >= 11 is 9.20. The summed E-state index contributed by atoms with van der Waals surface area (Å²) in [4.78, 5) is 24.4. The van der Waals surface area contributed by atoms with Crippen molar-refractivity contribution in [1.82, 2.24) is 0 Å². The van der Waals surface area contributed by atoms with Gasteiger partial charge in [-0.3, -0.25) is 9.59 Å². The Labute approximate surface area is 130 Å². The van der Waals surface area contributed by atoms with Crippen molar-refractivity contribution in [2.24, 2.45) is 0 Å². The topological polar surface area (TPSA) is 37.4 Å². The average Bonchev–Trinajstić information content (AvgIpc) is 2.48. The smallest absolute Gasteiger partial charge is 0.213 e. The molecule has 0 N–H and O–H groups in total. The lowest BCUT2D eigenvalue weighted by Gasteiger charge is -2.11. The van der Waals surface area contributed by atoms with Gasteiger partial charge in [-0.15, -0.1) is 0 Å². The highest BCUT2D eigenvalue weighted by molar-refractivity contribution is 9.10. The fourth-order valence-corrected chi connectivity index (χ4v) is 2.21. The molecule has 102 valence electrons. The molecule has 0 radical (unpaired) electrons. The summed E-state index contributed by atoms with van der Waals surface area (Å²) in [6.45, 7) is 0. The van der Waals surface area contributed by atoms with Crippen molar-refractivity contribution in [3.05, 3.63) is 63.1 Å². The number of benzene rings is 2. The molecule has 0 fully saturated rings. The lowest BCUT2D eigenvalue weighted by molar-refractivity contribution is -0.107. The summed E-state index contributed by atoms with van der Waals surface area (Å²) in [6.07, 6.45) is 0.715. The zero-order valence-electron chi connectivity index (χ0n) is 10.6. The molecule has 0 aliphatic carbocycles. The van der Waals surface area contributed by atoms with Gasteiger partial charge in [-0.2, -0.15) is 0 Å². The third-order valence-corrected chi connectivity index (χ3v) is 4.09. The minimum atomic E-state index is -0.0947. The van der Waals surface area contributed by atoms with Gasteiger partial charge in [-0.1, -0.05) is 11.6 Å². The molecule has 3 nitrogen and oxygen atoms in total. The van der Waals surface area contributed by atoms with Crippen LogP contribution in [0.1, 0.15) is 15.9 Å². The van der Waals surface area contributed by atoms with Crippen molar-refractivity contribution >= 4 is 45.4 Å². The first-order valence-corrected chi connectivity index (χ1v) is 6.98. The Hall–Kier alpha value is -1.65. The lowest BCUT2D eigenvalue weighted by Crippen LogP contribution is -2.13. The van der Waals surface area contributed by atoms with Crippen LogP contribution in [0.5, 0.6) is 0 Å². The molecule has 0 atom stereocenters. The third kappa shape index (κ3) is 3.08. The molecule has 0 aliphatic heterocycles. The van der Waals surface area contributed by atoms with E-state index in [1.54, 1.807) is 49.5 Å². The van der Waals surface area contributed by atoms with Crippen LogP contribution in [0.2, 0.25) is 5.02 Å². The fraction of sp³-hybridized carbons (Fsp3) is 0.0667. The summed E-state index contributed by atoms with van der Waals surface area (Å²) in [5, 5.41) is 0.560. The predicted octanol–water partition coefficient (Wildman–Crippen LogP) is 3.93. The van der Waals surface area contributed by atoms with E-state index in [2.05, 4.69) is 15.9 Å². The molecule has 0 aromatic heterocycles. The molecule has 1 amide bonds. The van der Waals surface area contributed by atoms with Gasteiger partial charge in [-0.05, 0) is 58.4 Å². The highest BCUT2D eigenvalue weighted by atomic mass is 79.9. The van der Waals surface area contributed by atoms with Crippen LogP contribution in [0.15, 0.2) is 46.9 Å². The number of rotatable bonds is 4. The van der Waals surface area contributed by atoms with Gasteiger partial charge in [0, 0.05) is 28.3 Å². The minimum absolute atomic E-state index is 0.0947. The molecule has 0 unspecified atom stereocenters. The van der Waals surface area contributed by atoms with Crippen molar-refractivity contribution in [1.29, 1.82) is 0 Å². The van der Waals surface area contributed by atoms with E-state index in [9.17, 15) is 9.59 Å². The van der Waals surface area contributed by atoms with Gasteiger partial charge in [0.2, 0.25) is 6.41 Å². The fourth-order valence-electron chi connectivity index (χ4n) is 1.71. The molecular weight excluding hydrogens is 342 g/mol. The van der Waals surface area contributed by atoms with Crippen LogP contribution in [0.25, 0.3) is 0 Å². The molecule has 5 heteroatoms. The van der Waals surface area contributed by atoms with E-state index in [-0.39, 0.29) is 5.78 Å². The summed E-state index contributed by atoms with van der Waals surface area (Å²) in [5.74, 6) is -0.0947. The van der Waals surface area contributed by atoms with Gasteiger partial charge in [0.1, 0.15) is 0 Å². The Balaban J connectivity index is 2.29. The van der Waals surface area contributed by atoms with Crippen LogP contribution in [0.4, 0.5) is 5.69 Å². The first-order valence-electron chi connectivity index (χ1n) is 5.81. The van der Waals surface area contributed by atoms with E-state index < -0.39 is 0 Å². The third-order valence-electron chi connectivity index (χ3n) is 2.88. The number of hydrogen-bond acceptors (Lipinski definition) is 2. The van der Waals surface area contributed by atoms with Gasteiger partial charge in [-0.25, -0.2) is 0 Å². The van der Waals surface area contributed by atoms with Gasteiger partial charge < -0.3 is 4.90 Å². The number of ketones is 1. The number of carbonyl (C=O) groups excluding carboxylic acids is 2. The number of nitrogens with zero attached hydrogens (tertiary/aromatic N) is 1. The van der Waals surface area contributed by atoms with Gasteiger partial charge >= 0.3 is 0 Å². The van der Waals surface area contributed by atoms with Crippen molar-refractivity contribution in [3.63, 3.8) is 0 Å². The Bertz CT molecular complexity index is 655. The van der Waals surface area contributed by atoms with Crippen molar-refractivity contribution in [2.45, 2.75) is 0 Å². The number of anilines is 1. The molecule has 2 aromatic carbocycles. The van der Waals surface area contributed by atoms with Gasteiger partial charge in [0.05, 0.1) is 5.02 Å². The second-order valence-corrected chi connectivity index (χ2v) is 5.48. The van der Waals surface area contributed by atoms with Crippen LogP contribution in [0, 0.1) is 0 Å². The number of amides is 1. The Kier molecular flexibility index (Phi) is 4.57. The molecule has 0 heterocycles. The molecule has 0 bridgehead atoms. The number of hydrogen-bond donors (Lipinski definition) is 0. The Morgan fingerprint density at radius 2 is 1.75 bits per heavy atom. The van der Waals surface area contributed by atoms with Crippen LogP contribution in [-0.4, -0.2) is 19.2 Å².